The molecule has 0 amide bonds. The zero-order valence-electron chi connectivity index (χ0n) is 16.1. The van der Waals surface area contributed by atoms with Crippen LogP contribution in [-0.4, -0.2) is 34.8 Å². The number of hydrogen-bond acceptors (Lipinski definition) is 7. The van der Waals surface area contributed by atoms with Gasteiger partial charge in [-0.3, -0.25) is 4.99 Å². The van der Waals surface area contributed by atoms with Crippen molar-refractivity contribution in [1.82, 2.24) is 9.88 Å². The van der Waals surface area contributed by atoms with E-state index in [9.17, 15) is 14.4 Å². The number of rotatable bonds is 5. The summed E-state index contributed by atoms with van der Waals surface area (Å²) in [4.78, 5) is 24.3. The number of amidine groups is 1. The number of ether oxygens (including phenoxy) is 1. The van der Waals surface area contributed by atoms with Gasteiger partial charge < -0.3 is 9.64 Å². The van der Waals surface area contributed by atoms with Gasteiger partial charge in [-0.05, 0) is 37.0 Å². The number of carbonyl (C=O) groups is 1. The molecule has 0 bridgehead atoms. The molecule has 0 N–H and O–H groups in total. The topological polar surface area (TPSA) is 78.6 Å². The highest BCUT2D eigenvalue weighted by molar-refractivity contribution is 9.10. The first-order valence-corrected chi connectivity index (χ1v) is 11.2. The van der Waals surface area contributed by atoms with Crippen molar-refractivity contribution in [1.29, 1.82) is 5.26 Å². The molecule has 9 heteroatoms. The molecule has 1 saturated heterocycles. The summed E-state index contributed by atoms with van der Waals surface area (Å²) in [5, 5.41) is 11.8. The number of nitriles is 1. The first-order valence-electron chi connectivity index (χ1n) is 9.50. The van der Waals surface area contributed by atoms with E-state index in [0.717, 1.165) is 10.7 Å². The molecule has 1 aromatic carbocycles. The monoisotopic (exact) mass is 488 g/mol. The van der Waals surface area contributed by atoms with Crippen LogP contribution in [0.15, 0.2) is 50.5 Å². The van der Waals surface area contributed by atoms with Gasteiger partial charge in [0.25, 0.3) is 0 Å². The number of halogens is 2. The Bertz CT molecular complexity index is 1080. The highest BCUT2D eigenvalue weighted by Gasteiger charge is 2.42. The third kappa shape index (κ3) is 3.77. The van der Waals surface area contributed by atoms with Crippen molar-refractivity contribution < 1.29 is 13.9 Å². The number of thiazole rings is 1. The van der Waals surface area contributed by atoms with Crippen LogP contribution in [-0.2, 0) is 9.53 Å². The molecule has 0 spiro atoms. The summed E-state index contributed by atoms with van der Waals surface area (Å²) in [6, 6.07) is 5.91. The fourth-order valence-corrected chi connectivity index (χ4v) is 5.07. The molecule has 0 aliphatic carbocycles. The predicted molar refractivity (Wildman–Crippen MR) is 114 cm³/mol. The van der Waals surface area contributed by atoms with E-state index in [-0.39, 0.29) is 18.3 Å². The van der Waals surface area contributed by atoms with E-state index in [0.29, 0.717) is 40.8 Å². The van der Waals surface area contributed by atoms with Crippen molar-refractivity contribution >= 4 is 39.1 Å². The largest absolute Gasteiger partial charge is 0.463 e. The number of hydrogen-bond donors (Lipinski definition) is 0. The van der Waals surface area contributed by atoms with Crippen molar-refractivity contribution in [3.05, 3.63) is 61.9 Å². The average Bonchev–Trinajstić information content (AvgIpc) is 3.37. The van der Waals surface area contributed by atoms with Crippen molar-refractivity contribution in [2.24, 2.45) is 10.9 Å². The van der Waals surface area contributed by atoms with Crippen LogP contribution in [0.25, 0.3) is 0 Å². The lowest BCUT2D eigenvalue weighted by atomic mass is 9.93. The first kappa shape index (κ1) is 20.7. The van der Waals surface area contributed by atoms with Gasteiger partial charge in [-0.2, -0.15) is 5.26 Å². The molecule has 4 rings (SSSR count). The number of fused-ring (bicyclic) bond motifs is 1. The second-order valence-corrected chi connectivity index (χ2v) is 8.73. The van der Waals surface area contributed by atoms with Crippen LogP contribution in [0.1, 0.15) is 36.4 Å². The molecule has 2 aliphatic rings. The van der Waals surface area contributed by atoms with Gasteiger partial charge >= 0.3 is 5.97 Å². The van der Waals surface area contributed by atoms with E-state index < -0.39 is 12.0 Å². The Balaban J connectivity index is 1.90. The Morgan fingerprint density at radius 2 is 2.33 bits per heavy atom. The van der Waals surface area contributed by atoms with Gasteiger partial charge in [-0.25, -0.2) is 14.2 Å². The molecule has 2 atom stereocenters. The van der Waals surface area contributed by atoms with E-state index in [2.05, 4.69) is 27.0 Å². The molecule has 154 valence electrons. The summed E-state index contributed by atoms with van der Waals surface area (Å²) in [5.74, 6) is -0.0875. The van der Waals surface area contributed by atoms with Crippen molar-refractivity contribution in [2.45, 2.75) is 25.8 Å². The molecule has 3 heterocycles. The van der Waals surface area contributed by atoms with Crippen LogP contribution in [0.3, 0.4) is 0 Å². The maximum Gasteiger partial charge on any atom is 0.338 e. The quantitative estimate of drug-likeness (QED) is 0.574. The lowest BCUT2D eigenvalue weighted by molar-refractivity contribution is -0.139. The fraction of sp³-hybridized carbons (Fsp3) is 0.333. The van der Waals surface area contributed by atoms with Crippen LogP contribution in [0, 0.1) is 23.1 Å². The third-order valence-electron chi connectivity index (χ3n) is 5.10. The van der Waals surface area contributed by atoms with Gasteiger partial charge in [0.05, 0.1) is 18.2 Å². The summed E-state index contributed by atoms with van der Waals surface area (Å²) in [6.45, 7) is 2.57. The maximum atomic E-state index is 13.7. The Hall–Kier alpha value is -2.57. The molecule has 2 aliphatic heterocycles. The Labute approximate surface area is 185 Å². The van der Waals surface area contributed by atoms with Crippen molar-refractivity contribution in [3.63, 3.8) is 0 Å². The molecular formula is C21H18BrFN4O2S. The zero-order chi connectivity index (χ0) is 21.3. The highest BCUT2D eigenvalue weighted by atomic mass is 79.9. The van der Waals surface area contributed by atoms with E-state index in [4.69, 9.17) is 9.73 Å². The molecule has 1 aromatic heterocycles. The lowest BCUT2D eigenvalue weighted by Crippen LogP contribution is -2.35. The lowest BCUT2D eigenvalue weighted by Gasteiger charge is -2.32. The SMILES string of the molecule is CCOC(=O)C1=C2CC(CC#N)CN2C(c2nccs2)=NC1c1ccc(F)cc1Br. The predicted octanol–water partition coefficient (Wildman–Crippen LogP) is 4.60. The number of carbonyl (C=O) groups excluding carboxylic acids is 1. The van der Waals surface area contributed by atoms with Crippen LogP contribution in [0.2, 0.25) is 0 Å². The van der Waals surface area contributed by atoms with E-state index in [1.54, 1.807) is 19.2 Å². The van der Waals surface area contributed by atoms with E-state index >= 15 is 0 Å². The Kier molecular flexibility index (Phi) is 5.97. The molecule has 2 unspecified atom stereocenters. The van der Waals surface area contributed by atoms with Crippen LogP contribution in [0.4, 0.5) is 4.39 Å². The Morgan fingerprint density at radius 1 is 1.50 bits per heavy atom. The van der Waals surface area contributed by atoms with E-state index in [1.807, 2.05) is 10.3 Å². The molecule has 0 radical (unpaired) electrons. The average molecular weight is 489 g/mol. The highest BCUT2D eigenvalue weighted by Crippen LogP contribution is 2.44. The van der Waals surface area contributed by atoms with Crippen molar-refractivity contribution in [2.75, 3.05) is 13.2 Å². The standard InChI is InChI=1S/C21H18BrFN4O2S/c1-2-29-21(28)17-16-9-12(5-6-24)11-27(16)19(20-25-7-8-30-20)26-18(17)14-4-3-13(23)10-15(14)22/h3-4,7-8,10,12,18H,2,5,9,11H2,1H3. The summed E-state index contributed by atoms with van der Waals surface area (Å²) in [5.41, 5.74) is 1.91. The van der Waals surface area contributed by atoms with Gasteiger partial charge in [-0.15, -0.1) is 11.3 Å². The molecule has 30 heavy (non-hydrogen) atoms. The molecule has 0 saturated carbocycles. The van der Waals surface area contributed by atoms with Crippen LogP contribution in [0.5, 0.6) is 0 Å². The van der Waals surface area contributed by atoms with Gasteiger partial charge in [0.1, 0.15) is 11.9 Å². The molecule has 1 fully saturated rings. The fourth-order valence-electron chi connectivity index (χ4n) is 3.86. The summed E-state index contributed by atoms with van der Waals surface area (Å²) < 4.78 is 19.6. The van der Waals surface area contributed by atoms with Crippen molar-refractivity contribution in [3.8, 4) is 6.07 Å². The summed E-state index contributed by atoms with van der Waals surface area (Å²) in [6.07, 6.45) is 2.66. The number of aliphatic imine (C=N–C) groups is 1. The van der Waals surface area contributed by atoms with Gasteiger partial charge in [0.2, 0.25) is 0 Å². The van der Waals surface area contributed by atoms with Crippen LogP contribution >= 0.6 is 27.3 Å². The summed E-state index contributed by atoms with van der Waals surface area (Å²) in [7, 11) is 0. The number of esters is 1. The molecule has 6 nitrogen and oxygen atoms in total. The molecule has 2 aromatic rings. The maximum absolute atomic E-state index is 13.7. The number of nitrogens with zero attached hydrogens (tertiary/aromatic N) is 4. The minimum atomic E-state index is -0.662. The minimum Gasteiger partial charge on any atom is -0.463 e. The second-order valence-electron chi connectivity index (χ2n) is 6.98. The second kappa shape index (κ2) is 8.66. The number of aromatic nitrogens is 1. The van der Waals surface area contributed by atoms with Gasteiger partial charge in [0.15, 0.2) is 10.8 Å². The third-order valence-corrected chi connectivity index (χ3v) is 6.55. The van der Waals surface area contributed by atoms with E-state index in [1.165, 1.54) is 23.5 Å². The smallest absolute Gasteiger partial charge is 0.338 e. The number of benzene rings is 1. The van der Waals surface area contributed by atoms with Gasteiger partial charge in [-0.1, -0.05) is 22.0 Å². The van der Waals surface area contributed by atoms with Gasteiger partial charge in [0, 0.05) is 34.7 Å². The molecular weight excluding hydrogens is 471 g/mol. The first-order chi connectivity index (χ1) is 14.5. The number of allylic oxidation sites excluding steroid dienone is 1. The Morgan fingerprint density at radius 3 is 3.00 bits per heavy atom. The summed E-state index contributed by atoms with van der Waals surface area (Å²) >= 11 is 4.88. The minimum absolute atomic E-state index is 0.0787. The normalized spacial score (nSPS) is 20.6. The zero-order valence-corrected chi connectivity index (χ0v) is 18.5. The van der Waals surface area contributed by atoms with Crippen LogP contribution < -0.4 is 0 Å².